The molecule has 1 aromatic rings. The van der Waals surface area contributed by atoms with E-state index in [1.807, 2.05) is 6.92 Å². The maximum Gasteiger partial charge on any atom is 0.270 e. The van der Waals surface area contributed by atoms with Crippen molar-refractivity contribution in [1.29, 1.82) is 0 Å². The zero-order valence-electron chi connectivity index (χ0n) is 11.4. The molecule has 5 nitrogen and oxygen atoms in total. The van der Waals surface area contributed by atoms with Crippen LogP contribution in [-0.2, 0) is 4.74 Å². The highest BCUT2D eigenvalue weighted by atomic mass is 16.5. The van der Waals surface area contributed by atoms with Gasteiger partial charge < -0.3 is 15.2 Å². The number of nitrogens with zero attached hydrogens (tertiary/aromatic N) is 1. The summed E-state index contributed by atoms with van der Waals surface area (Å²) < 4.78 is 5.45. The quantitative estimate of drug-likeness (QED) is 0.780. The molecule has 1 aliphatic heterocycles. The lowest BCUT2D eigenvalue weighted by atomic mass is 10.0. The number of aromatic nitrogens is 1. The second-order valence-electron chi connectivity index (χ2n) is 4.77. The van der Waals surface area contributed by atoms with Gasteiger partial charge in [0.2, 0.25) is 0 Å². The van der Waals surface area contributed by atoms with Gasteiger partial charge >= 0.3 is 0 Å². The molecule has 0 aliphatic carbocycles. The molecule has 0 bridgehead atoms. The highest BCUT2D eigenvalue weighted by molar-refractivity contribution is 5.92. The number of pyridine rings is 1. The van der Waals surface area contributed by atoms with E-state index >= 15 is 0 Å². The molecule has 2 N–H and O–H groups in total. The highest BCUT2D eigenvalue weighted by Gasteiger charge is 2.21. The largest absolute Gasteiger partial charge is 0.384 e. The third-order valence-corrected chi connectivity index (χ3v) is 3.13. The summed E-state index contributed by atoms with van der Waals surface area (Å²) in [7, 11) is 0. The van der Waals surface area contributed by atoms with Crippen molar-refractivity contribution in [3.63, 3.8) is 0 Å². The van der Waals surface area contributed by atoms with E-state index in [-0.39, 0.29) is 24.7 Å². The molecular formula is C15H18N2O3. The second kappa shape index (κ2) is 7.04. The molecule has 2 unspecified atom stereocenters. The summed E-state index contributed by atoms with van der Waals surface area (Å²) in [5.41, 5.74) is 1.05. The number of aliphatic hydroxyl groups is 1. The van der Waals surface area contributed by atoms with Crippen LogP contribution in [0, 0.1) is 11.8 Å². The number of amides is 1. The lowest BCUT2D eigenvalue weighted by Crippen LogP contribution is -2.41. The van der Waals surface area contributed by atoms with Gasteiger partial charge in [-0.1, -0.05) is 11.8 Å². The van der Waals surface area contributed by atoms with Gasteiger partial charge in [0.15, 0.2) is 0 Å². The smallest absolute Gasteiger partial charge is 0.270 e. The molecular weight excluding hydrogens is 256 g/mol. The van der Waals surface area contributed by atoms with Crippen LogP contribution in [0.4, 0.5) is 0 Å². The molecule has 1 fully saturated rings. The van der Waals surface area contributed by atoms with Gasteiger partial charge in [-0.2, -0.15) is 0 Å². The van der Waals surface area contributed by atoms with E-state index < -0.39 is 0 Å². The van der Waals surface area contributed by atoms with E-state index in [9.17, 15) is 4.79 Å². The molecule has 1 saturated heterocycles. The number of carbonyl (C=O) groups is 1. The Balaban J connectivity index is 1.95. The number of nitrogens with one attached hydrogen (secondary N) is 1. The molecule has 2 heterocycles. The lowest BCUT2D eigenvalue weighted by Gasteiger charge is -2.27. The first kappa shape index (κ1) is 14.5. The van der Waals surface area contributed by atoms with Crippen molar-refractivity contribution in [2.75, 3.05) is 13.2 Å². The van der Waals surface area contributed by atoms with E-state index in [0.717, 1.165) is 12.8 Å². The first-order valence-corrected chi connectivity index (χ1v) is 6.67. The fourth-order valence-electron chi connectivity index (χ4n) is 2.13. The summed E-state index contributed by atoms with van der Waals surface area (Å²) in [5.74, 6) is 5.10. The van der Waals surface area contributed by atoms with Gasteiger partial charge in [-0.3, -0.25) is 4.79 Å². The van der Waals surface area contributed by atoms with Crippen LogP contribution >= 0.6 is 0 Å². The molecule has 5 heteroatoms. The summed E-state index contributed by atoms with van der Waals surface area (Å²) in [5, 5.41) is 11.6. The molecule has 0 aromatic carbocycles. The minimum atomic E-state index is -0.190. The van der Waals surface area contributed by atoms with Crippen LogP contribution in [0.2, 0.25) is 0 Å². The van der Waals surface area contributed by atoms with Crippen molar-refractivity contribution in [2.45, 2.75) is 31.9 Å². The van der Waals surface area contributed by atoms with Crippen molar-refractivity contribution >= 4 is 5.91 Å². The average molecular weight is 274 g/mol. The van der Waals surface area contributed by atoms with E-state index in [0.29, 0.717) is 17.9 Å². The molecule has 2 atom stereocenters. The van der Waals surface area contributed by atoms with Crippen LogP contribution in [0.25, 0.3) is 0 Å². The molecule has 0 radical (unpaired) electrons. The molecule has 0 saturated carbocycles. The summed E-state index contributed by atoms with van der Waals surface area (Å²) in [6.45, 7) is 2.49. The van der Waals surface area contributed by atoms with Gasteiger partial charge in [0, 0.05) is 24.4 Å². The van der Waals surface area contributed by atoms with Crippen molar-refractivity contribution in [1.82, 2.24) is 10.3 Å². The lowest BCUT2D eigenvalue weighted by molar-refractivity contribution is 0.0136. The first-order valence-electron chi connectivity index (χ1n) is 6.67. The number of rotatable bonds is 2. The highest BCUT2D eigenvalue weighted by Crippen LogP contribution is 2.13. The first-order chi connectivity index (χ1) is 9.69. The number of carbonyl (C=O) groups excluding carboxylic acids is 1. The number of ether oxygens (including phenoxy) is 1. The molecule has 106 valence electrons. The Hall–Kier alpha value is -1.90. The maximum atomic E-state index is 12.1. The van der Waals surface area contributed by atoms with E-state index in [1.54, 1.807) is 12.1 Å². The predicted octanol–water partition coefficient (Wildman–Crippen LogP) is 0.723. The van der Waals surface area contributed by atoms with Crippen LogP contribution in [-0.4, -0.2) is 41.4 Å². The number of hydrogen-bond acceptors (Lipinski definition) is 4. The van der Waals surface area contributed by atoms with Gasteiger partial charge in [0.1, 0.15) is 12.3 Å². The molecule has 20 heavy (non-hydrogen) atoms. The van der Waals surface area contributed by atoms with Gasteiger partial charge in [0.25, 0.3) is 5.91 Å². The zero-order valence-corrected chi connectivity index (χ0v) is 11.4. The minimum Gasteiger partial charge on any atom is -0.384 e. The SMILES string of the molecule is CC1CC(NC(=O)c2ccc(C#CCO)cn2)CCO1. The number of hydrogen-bond donors (Lipinski definition) is 2. The molecule has 1 aliphatic rings. The van der Waals surface area contributed by atoms with E-state index in [4.69, 9.17) is 9.84 Å². The Morgan fingerprint density at radius 1 is 1.60 bits per heavy atom. The second-order valence-corrected chi connectivity index (χ2v) is 4.77. The Labute approximate surface area is 118 Å². The Bertz CT molecular complexity index is 516. The van der Waals surface area contributed by atoms with Crippen LogP contribution in [0.5, 0.6) is 0 Å². The van der Waals surface area contributed by atoms with Crippen LogP contribution in [0.15, 0.2) is 18.3 Å². The van der Waals surface area contributed by atoms with E-state index in [1.165, 1.54) is 6.20 Å². The van der Waals surface area contributed by atoms with Crippen LogP contribution in [0.1, 0.15) is 35.8 Å². The number of aliphatic hydroxyl groups excluding tert-OH is 1. The Morgan fingerprint density at radius 3 is 3.10 bits per heavy atom. The van der Waals surface area contributed by atoms with E-state index in [2.05, 4.69) is 22.1 Å². The molecule has 2 rings (SSSR count). The minimum absolute atomic E-state index is 0.141. The fraction of sp³-hybridized carbons (Fsp3) is 0.467. The topological polar surface area (TPSA) is 71.5 Å². The predicted molar refractivity (Wildman–Crippen MR) is 74.1 cm³/mol. The van der Waals surface area contributed by atoms with Gasteiger partial charge in [-0.25, -0.2) is 4.98 Å². The van der Waals surface area contributed by atoms with Crippen molar-refractivity contribution in [3.05, 3.63) is 29.6 Å². The Kier molecular flexibility index (Phi) is 5.10. The average Bonchev–Trinajstić information content (AvgIpc) is 2.45. The normalized spacial score (nSPS) is 21.7. The van der Waals surface area contributed by atoms with Crippen molar-refractivity contribution in [2.24, 2.45) is 0 Å². The Morgan fingerprint density at radius 2 is 2.45 bits per heavy atom. The summed E-state index contributed by atoms with van der Waals surface area (Å²) in [4.78, 5) is 16.1. The van der Waals surface area contributed by atoms with Crippen molar-refractivity contribution < 1.29 is 14.6 Å². The zero-order chi connectivity index (χ0) is 14.4. The molecule has 1 aromatic heterocycles. The maximum absolute atomic E-state index is 12.1. The van der Waals surface area contributed by atoms with Gasteiger partial charge in [0.05, 0.1) is 6.10 Å². The monoisotopic (exact) mass is 274 g/mol. The summed E-state index contributed by atoms with van der Waals surface area (Å²) >= 11 is 0. The third-order valence-electron chi connectivity index (χ3n) is 3.13. The van der Waals surface area contributed by atoms with Crippen molar-refractivity contribution in [3.8, 4) is 11.8 Å². The molecule has 0 spiro atoms. The summed E-state index contributed by atoms with van der Waals surface area (Å²) in [6, 6.07) is 3.50. The summed E-state index contributed by atoms with van der Waals surface area (Å²) in [6.07, 6.45) is 3.37. The van der Waals surface area contributed by atoms with Gasteiger partial charge in [-0.15, -0.1) is 0 Å². The third kappa shape index (κ3) is 4.05. The van der Waals surface area contributed by atoms with Crippen LogP contribution in [0.3, 0.4) is 0 Å². The van der Waals surface area contributed by atoms with Crippen LogP contribution < -0.4 is 5.32 Å². The molecule has 1 amide bonds. The standard InChI is InChI=1S/C15H18N2O3/c1-11-9-13(6-8-20-11)17-15(19)14-5-4-12(10-16-14)3-2-7-18/h4-5,10-11,13,18H,6-9H2,1H3,(H,17,19). The van der Waals surface area contributed by atoms with Gasteiger partial charge in [-0.05, 0) is 31.9 Å². The fourth-order valence-corrected chi connectivity index (χ4v) is 2.13.